The van der Waals surface area contributed by atoms with Gasteiger partial charge in [0.25, 0.3) is 0 Å². The molecule has 26 heteroatoms. The molecule has 6 amide bonds. The van der Waals surface area contributed by atoms with Gasteiger partial charge in [-0.2, -0.15) is 0 Å². The number of carbonyl (C=O) groups excluding carboxylic acids is 7. The fourth-order valence-electron chi connectivity index (χ4n) is 10.6. The van der Waals surface area contributed by atoms with Gasteiger partial charge in [-0.1, -0.05) is 103 Å². The van der Waals surface area contributed by atoms with Crippen molar-refractivity contribution in [2.24, 2.45) is 71.8 Å². The van der Waals surface area contributed by atoms with Gasteiger partial charge in [-0.25, -0.2) is 0 Å². The van der Waals surface area contributed by atoms with Crippen LogP contribution < -0.4 is 77.8 Å². The molecule has 0 radical (unpaired) electrons. The number of aromatic amines is 1. The van der Waals surface area contributed by atoms with Crippen molar-refractivity contribution in [2.45, 2.75) is 113 Å². The van der Waals surface area contributed by atoms with Crippen molar-refractivity contribution in [1.82, 2.24) is 36.9 Å². The predicted octanol–water partition coefficient (Wildman–Crippen LogP) is 0.214. The number of rotatable bonds is 22. The summed E-state index contributed by atoms with van der Waals surface area (Å²) in [5, 5.41) is 21.7. The van der Waals surface area contributed by atoms with E-state index in [-0.39, 0.29) is 121 Å². The zero-order valence-electron chi connectivity index (χ0n) is 49.1. The van der Waals surface area contributed by atoms with E-state index in [0.717, 1.165) is 32.4 Å². The molecule has 1 aliphatic heterocycles. The minimum Gasteiger partial charge on any atom is -0.370 e. The third-order valence-electron chi connectivity index (χ3n) is 15.1. The normalized spacial score (nSPS) is 20.0. The van der Waals surface area contributed by atoms with E-state index in [9.17, 15) is 14.4 Å². The Kier molecular flexibility index (Phi) is 24.0. The summed E-state index contributed by atoms with van der Waals surface area (Å²) in [4.78, 5) is 125. The number of Topliss-reactive ketones (excluding diaryl/α,β-unsaturated/α-hetero) is 1. The fraction of sp³-hybridized carbons (Fsp3) is 0.371. The van der Waals surface area contributed by atoms with Gasteiger partial charge in [0.05, 0.1) is 6.04 Å². The molecule has 1 unspecified atom stereocenters. The van der Waals surface area contributed by atoms with Crippen LogP contribution in [-0.2, 0) is 52.8 Å². The van der Waals surface area contributed by atoms with E-state index in [2.05, 4.69) is 56.9 Å². The molecule has 466 valence electrons. The van der Waals surface area contributed by atoms with Gasteiger partial charge >= 0.3 is 0 Å². The largest absolute Gasteiger partial charge is 0.370 e. The molecular weight excluding hydrogens is 1120 g/mol. The third kappa shape index (κ3) is 19.9. The van der Waals surface area contributed by atoms with E-state index in [1.165, 1.54) is 0 Å². The molecular formula is C62H81N19O7. The SMILES string of the molecule is NC(N)=NCCCC1NC(=O)[C@@H](CCCN=C(N)N)NC(=O)[C@@H](Cc2ccc3ccccc3c2)NC(=O)[C@H](Cc2c[nH]c3ccccc23)NC(=O)[C@@H](Cc2ccc3ccccc3c2)NC(=O)[C@@H](CCCN=C(N)N)CC(=O)[C@H](CCCN=C(N)N)NC1=O. The van der Waals surface area contributed by atoms with Crippen LogP contribution in [0.2, 0.25) is 0 Å². The lowest BCUT2D eigenvalue weighted by Crippen LogP contribution is -2.60. The molecule has 6 aromatic rings. The van der Waals surface area contributed by atoms with Crippen molar-refractivity contribution in [3.05, 3.63) is 132 Å². The number of para-hydroxylation sites is 1. The van der Waals surface area contributed by atoms with Crippen molar-refractivity contribution in [3.63, 3.8) is 0 Å². The van der Waals surface area contributed by atoms with Gasteiger partial charge in [0, 0.05) is 74.9 Å². The Morgan fingerprint density at radius 2 is 0.750 bits per heavy atom. The van der Waals surface area contributed by atoms with Gasteiger partial charge in [0.1, 0.15) is 30.2 Å². The number of carbonyl (C=O) groups is 7. The first-order chi connectivity index (χ1) is 42.3. The van der Waals surface area contributed by atoms with Crippen LogP contribution in [0, 0.1) is 5.92 Å². The lowest BCUT2D eigenvalue weighted by atomic mass is 9.91. The molecule has 5 aromatic carbocycles. The molecule has 0 saturated carbocycles. The predicted molar refractivity (Wildman–Crippen MR) is 342 cm³/mol. The number of fused-ring (bicyclic) bond motifs is 3. The fourth-order valence-corrected chi connectivity index (χ4v) is 10.6. The summed E-state index contributed by atoms with van der Waals surface area (Å²) in [6.07, 6.45) is 1.59. The molecule has 7 atom stereocenters. The van der Waals surface area contributed by atoms with Crippen LogP contribution in [0.15, 0.2) is 135 Å². The number of nitrogens with two attached hydrogens (primary N) is 8. The number of benzene rings is 5. The van der Waals surface area contributed by atoms with Gasteiger partial charge in [-0.15, -0.1) is 0 Å². The van der Waals surface area contributed by atoms with Crippen molar-refractivity contribution in [3.8, 4) is 0 Å². The number of aliphatic imine (C=N–C) groups is 4. The summed E-state index contributed by atoms with van der Waals surface area (Å²) >= 11 is 0. The van der Waals surface area contributed by atoms with Crippen molar-refractivity contribution < 1.29 is 33.6 Å². The summed E-state index contributed by atoms with van der Waals surface area (Å²) in [5.41, 5.74) is 48.0. The monoisotopic (exact) mass is 1200 g/mol. The minimum atomic E-state index is -1.41. The first kappa shape index (κ1) is 65.3. The summed E-state index contributed by atoms with van der Waals surface area (Å²) in [6.45, 7) is 0.251. The second kappa shape index (κ2) is 32.3. The molecule has 23 N–H and O–H groups in total. The lowest BCUT2D eigenvalue weighted by Gasteiger charge is -2.28. The Labute approximate surface area is 509 Å². The summed E-state index contributed by atoms with van der Waals surface area (Å²) in [6, 6.07) is 25.7. The van der Waals surface area contributed by atoms with Crippen molar-refractivity contribution in [1.29, 1.82) is 0 Å². The van der Waals surface area contributed by atoms with E-state index >= 15 is 19.2 Å². The van der Waals surface area contributed by atoms with Crippen LogP contribution in [-0.4, -0.2) is 132 Å². The van der Waals surface area contributed by atoms with E-state index < -0.39 is 89.8 Å². The number of nitrogens with one attached hydrogen (secondary N) is 7. The van der Waals surface area contributed by atoms with Gasteiger partial charge < -0.3 is 82.8 Å². The highest BCUT2D eigenvalue weighted by atomic mass is 16.2. The molecule has 1 aliphatic rings. The first-order valence-corrected chi connectivity index (χ1v) is 29.4. The van der Waals surface area contributed by atoms with Gasteiger partial charge in [-0.3, -0.25) is 53.5 Å². The Hall–Kier alpha value is -10.3. The van der Waals surface area contributed by atoms with E-state index in [0.29, 0.717) is 16.7 Å². The molecule has 88 heavy (non-hydrogen) atoms. The standard InChI is InChI=1S/C62H81N19O7/c63-59(64)71-25-7-15-42-34-52(82)46(18-8-26-72-60(65)66)76-54(84)47(19-9-27-73-61(67)68)77-55(85)48(20-10-28-74-62(69)70)78-56(86)50(32-37-22-24-39-12-2-4-14-41(39)30-37)80-58(88)51(33-43-35-75-45-17-6-5-16-44(43)45)81-57(87)49(79-53(42)83)31-36-21-23-38-11-1-3-13-40(38)29-36/h1-6,11-14,16-17,21-24,29-30,35,42,46-51,75H,7-10,15,18-20,25-28,31-34H2,(H,76,84)(H,77,85)(H,78,86)(H,79,83)(H,80,88)(H,81,87)(H4,63,64,71)(H4,65,66,72)(H4,67,68,73)(H4,69,70,74)/t42-,46-,47?,48+,49+,50+,51-/m0/s1. The maximum Gasteiger partial charge on any atom is 0.243 e. The van der Waals surface area contributed by atoms with Crippen LogP contribution in [0.1, 0.15) is 74.5 Å². The van der Waals surface area contributed by atoms with E-state index in [1.54, 1.807) is 6.20 Å². The zero-order chi connectivity index (χ0) is 63.1. The summed E-state index contributed by atoms with van der Waals surface area (Å²) in [5.74, 6) is -7.15. The maximum atomic E-state index is 15.4. The van der Waals surface area contributed by atoms with E-state index in [4.69, 9.17) is 45.9 Å². The number of H-pyrrole nitrogens is 1. The van der Waals surface area contributed by atoms with Crippen LogP contribution in [0.5, 0.6) is 0 Å². The van der Waals surface area contributed by atoms with Crippen LogP contribution in [0.4, 0.5) is 0 Å². The highest BCUT2D eigenvalue weighted by Gasteiger charge is 2.36. The lowest BCUT2D eigenvalue weighted by molar-refractivity contribution is -0.135. The van der Waals surface area contributed by atoms with Crippen molar-refractivity contribution >= 4 is 97.5 Å². The smallest absolute Gasteiger partial charge is 0.243 e. The number of aromatic nitrogens is 1. The highest BCUT2D eigenvalue weighted by Crippen LogP contribution is 2.23. The second-order valence-electron chi connectivity index (χ2n) is 21.9. The number of hydrogen-bond donors (Lipinski definition) is 15. The number of guanidine groups is 4. The van der Waals surface area contributed by atoms with E-state index in [1.807, 2.05) is 109 Å². The Morgan fingerprint density at radius 1 is 0.386 bits per heavy atom. The number of hydrogen-bond acceptors (Lipinski definition) is 11. The Balaban J connectivity index is 1.37. The maximum absolute atomic E-state index is 15.4. The molecule has 0 bridgehead atoms. The van der Waals surface area contributed by atoms with Crippen LogP contribution >= 0.6 is 0 Å². The number of nitrogens with zero attached hydrogens (tertiary/aromatic N) is 4. The highest BCUT2D eigenvalue weighted by molar-refractivity contribution is 5.99. The quantitative estimate of drug-likeness (QED) is 0.0246. The molecule has 0 spiro atoms. The average Bonchev–Trinajstić information content (AvgIpc) is 3.47. The zero-order valence-corrected chi connectivity index (χ0v) is 49.1. The number of amides is 6. The molecule has 1 aromatic heterocycles. The van der Waals surface area contributed by atoms with Gasteiger partial charge in [0.2, 0.25) is 35.4 Å². The van der Waals surface area contributed by atoms with Crippen LogP contribution in [0.3, 0.4) is 0 Å². The second-order valence-corrected chi connectivity index (χ2v) is 21.9. The van der Waals surface area contributed by atoms with Crippen molar-refractivity contribution in [2.75, 3.05) is 26.2 Å². The molecule has 2 heterocycles. The molecule has 1 saturated heterocycles. The van der Waals surface area contributed by atoms with Gasteiger partial charge in [0.15, 0.2) is 29.6 Å². The average molecular weight is 1200 g/mol. The first-order valence-electron chi connectivity index (χ1n) is 29.4. The topological polar surface area (TPSA) is 465 Å². The Morgan fingerprint density at radius 3 is 1.22 bits per heavy atom. The Bertz CT molecular complexity index is 3430. The summed E-state index contributed by atoms with van der Waals surface area (Å²) < 4.78 is 0. The third-order valence-corrected chi connectivity index (χ3v) is 15.1. The van der Waals surface area contributed by atoms with Crippen LogP contribution in [0.25, 0.3) is 32.4 Å². The van der Waals surface area contributed by atoms with Gasteiger partial charge in [-0.05, 0) is 95.7 Å². The summed E-state index contributed by atoms with van der Waals surface area (Å²) in [7, 11) is 0. The molecule has 7 rings (SSSR count). The molecule has 26 nitrogen and oxygen atoms in total. The minimum absolute atomic E-state index is 0.0216. The number of ketones is 1. The molecule has 0 aliphatic carbocycles. The molecule has 1 fully saturated rings.